The Kier molecular flexibility index (Phi) is 8.44. The van der Waals surface area contributed by atoms with Crippen LogP contribution in [-0.4, -0.2) is 62.5 Å². The van der Waals surface area contributed by atoms with Gasteiger partial charge in [-0.2, -0.15) is 0 Å². The topological polar surface area (TPSA) is 101 Å². The smallest absolute Gasteiger partial charge is 0.255 e. The van der Waals surface area contributed by atoms with Gasteiger partial charge in [0.25, 0.3) is 5.91 Å². The number of imidazole rings is 1. The minimum absolute atomic E-state index is 0.00605. The summed E-state index contributed by atoms with van der Waals surface area (Å²) in [5, 5.41) is 3.37. The van der Waals surface area contributed by atoms with Gasteiger partial charge >= 0.3 is 0 Å². The number of likely N-dealkylation sites (N-methyl/N-ethyl adjacent to an activating group) is 1. The lowest BCUT2D eigenvalue weighted by atomic mass is 10.2. The van der Waals surface area contributed by atoms with Gasteiger partial charge < -0.3 is 19.5 Å². The van der Waals surface area contributed by atoms with Crippen LogP contribution < -0.4 is 15.0 Å². The van der Waals surface area contributed by atoms with Gasteiger partial charge in [0.05, 0.1) is 22.9 Å². The predicted molar refractivity (Wildman–Crippen MR) is 168 cm³/mol. The fourth-order valence-corrected chi connectivity index (χ4v) is 4.77. The number of benzene rings is 2. The molecule has 1 aliphatic heterocycles. The van der Waals surface area contributed by atoms with Crippen molar-refractivity contribution in [3.63, 3.8) is 0 Å². The maximum Gasteiger partial charge on any atom is 0.255 e. The largest absolute Gasteiger partial charge is 0.457 e. The number of ether oxygens (including phenoxy) is 1. The number of carbonyl (C=O) groups is 1. The van der Waals surface area contributed by atoms with Crippen LogP contribution in [-0.2, 0) is 11.8 Å². The number of rotatable bonds is 7. The summed E-state index contributed by atoms with van der Waals surface area (Å²) in [5.41, 5.74) is 5.83. The fraction of sp³-hybridized carbons (Fsp3) is 0.281. The van der Waals surface area contributed by atoms with Gasteiger partial charge in [-0.15, -0.1) is 0 Å². The molecule has 0 radical (unpaired) electrons. The van der Waals surface area contributed by atoms with Crippen molar-refractivity contribution in [2.45, 2.75) is 27.2 Å². The average molecular weight is 565 g/mol. The Labute approximate surface area is 245 Å². The number of nitrogens with one attached hydrogen (secondary N) is 1. The molecule has 0 spiro atoms. The van der Waals surface area contributed by atoms with E-state index in [1.54, 1.807) is 11.2 Å². The summed E-state index contributed by atoms with van der Waals surface area (Å²) >= 11 is 0. The molecule has 3 aromatic heterocycles. The van der Waals surface area contributed by atoms with Crippen LogP contribution in [0, 0.1) is 6.92 Å². The van der Waals surface area contributed by atoms with E-state index in [9.17, 15) is 4.79 Å². The Hall–Kier alpha value is -4.83. The molecule has 2 aromatic carbocycles. The third-order valence-electron chi connectivity index (χ3n) is 6.93. The number of hydrogen-bond donors (Lipinski definition) is 1. The molecule has 10 nitrogen and oxygen atoms in total. The van der Waals surface area contributed by atoms with Crippen LogP contribution >= 0.6 is 0 Å². The van der Waals surface area contributed by atoms with E-state index < -0.39 is 0 Å². The first-order valence-corrected chi connectivity index (χ1v) is 14.1. The second-order valence-electron chi connectivity index (χ2n) is 10.2. The van der Waals surface area contributed by atoms with Crippen molar-refractivity contribution in [1.82, 2.24) is 29.4 Å². The summed E-state index contributed by atoms with van der Waals surface area (Å²) in [6.07, 6.45) is 5.99. The Morgan fingerprint density at radius 3 is 2.64 bits per heavy atom. The van der Waals surface area contributed by atoms with E-state index in [4.69, 9.17) is 9.72 Å². The van der Waals surface area contributed by atoms with Gasteiger partial charge in [-0.3, -0.25) is 9.69 Å². The van der Waals surface area contributed by atoms with E-state index in [2.05, 4.69) is 20.3 Å². The van der Waals surface area contributed by atoms with E-state index in [0.29, 0.717) is 35.6 Å². The quantitative estimate of drug-likeness (QED) is 0.240. The van der Waals surface area contributed by atoms with Crippen molar-refractivity contribution >= 4 is 45.3 Å². The predicted octanol–water partition coefficient (Wildman–Crippen LogP) is 6.01. The molecule has 0 bridgehead atoms. The molecule has 1 N–H and O–H groups in total. The molecule has 0 aliphatic carbocycles. The lowest BCUT2D eigenvalue weighted by molar-refractivity contribution is -0.114. The highest BCUT2D eigenvalue weighted by atomic mass is 16.5. The van der Waals surface area contributed by atoms with Gasteiger partial charge in [-0.1, -0.05) is 19.9 Å². The molecule has 1 amide bonds. The maximum atomic E-state index is 13.0. The second-order valence-corrected chi connectivity index (χ2v) is 10.2. The third kappa shape index (κ3) is 5.94. The first kappa shape index (κ1) is 28.7. The van der Waals surface area contributed by atoms with Crippen molar-refractivity contribution in [3.05, 3.63) is 78.4 Å². The highest BCUT2D eigenvalue weighted by Gasteiger charge is 2.28. The van der Waals surface area contributed by atoms with Gasteiger partial charge in [0, 0.05) is 37.5 Å². The Morgan fingerprint density at radius 1 is 1.02 bits per heavy atom. The minimum Gasteiger partial charge on any atom is -0.457 e. The first-order chi connectivity index (χ1) is 20.4. The highest BCUT2D eigenvalue weighted by molar-refractivity contribution is 6.08. The molecule has 0 atom stereocenters. The molecule has 0 unspecified atom stereocenters. The molecule has 10 heteroatoms. The van der Waals surface area contributed by atoms with Crippen molar-refractivity contribution in [2.24, 2.45) is 7.05 Å². The molecule has 216 valence electrons. The summed E-state index contributed by atoms with van der Waals surface area (Å²) in [6.45, 7) is 7.32. The molecule has 1 saturated heterocycles. The maximum absolute atomic E-state index is 13.0. The van der Waals surface area contributed by atoms with Gasteiger partial charge in [-0.05, 0) is 75.5 Å². The molecular weight excluding hydrogens is 528 g/mol. The SMILES string of the molecule is CC.Cc1cc(Nc2ncnc3ccc(N4CC/C(=C/CN(C)C)C4=O)nc23)ccc1Oc1ccc2c(c1)ncn2C. The fourth-order valence-electron chi connectivity index (χ4n) is 4.77. The molecular formula is C32H36N8O2. The number of carbonyl (C=O) groups excluding carboxylic acids is 1. The average Bonchev–Trinajstić information content (AvgIpc) is 3.55. The zero-order valence-electron chi connectivity index (χ0n) is 24.9. The molecule has 42 heavy (non-hydrogen) atoms. The van der Waals surface area contributed by atoms with Crippen LogP contribution in [0.25, 0.3) is 22.1 Å². The summed E-state index contributed by atoms with van der Waals surface area (Å²) in [4.78, 5) is 34.8. The van der Waals surface area contributed by atoms with Crippen molar-refractivity contribution in [2.75, 3.05) is 37.4 Å². The zero-order valence-corrected chi connectivity index (χ0v) is 24.9. The highest BCUT2D eigenvalue weighted by Crippen LogP contribution is 2.32. The Bertz CT molecular complexity index is 1780. The monoisotopic (exact) mass is 564 g/mol. The minimum atomic E-state index is -0.00605. The van der Waals surface area contributed by atoms with E-state index >= 15 is 0 Å². The number of aromatic nitrogens is 5. The Morgan fingerprint density at radius 2 is 1.86 bits per heavy atom. The number of aryl methyl sites for hydroxylation is 2. The summed E-state index contributed by atoms with van der Waals surface area (Å²) in [6, 6.07) is 15.4. The lowest BCUT2D eigenvalue weighted by Gasteiger charge is -2.16. The first-order valence-electron chi connectivity index (χ1n) is 14.1. The van der Waals surface area contributed by atoms with Gasteiger partial charge in [0.15, 0.2) is 5.82 Å². The molecule has 5 aromatic rings. The van der Waals surface area contributed by atoms with Crippen LogP contribution in [0.15, 0.2) is 72.8 Å². The van der Waals surface area contributed by atoms with Crippen LogP contribution in [0.1, 0.15) is 25.8 Å². The van der Waals surface area contributed by atoms with Crippen LogP contribution in [0.3, 0.4) is 0 Å². The van der Waals surface area contributed by atoms with Gasteiger partial charge in [0.2, 0.25) is 0 Å². The number of fused-ring (bicyclic) bond motifs is 2. The number of nitrogens with zero attached hydrogens (tertiary/aromatic N) is 7. The molecule has 6 rings (SSSR count). The van der Waals surface area contributed by atoms with Crippen LogP contribution in [0.4, 0.5) is 17.3 Å². The van der Waals surface area contributed by atoms with Crippen molar-refractivity contribution in [3.8, 4) is 11.5 Å². The molecule has 1 fully saturated rings. The standard InChI is InChI=1S/C30H30N8O2.C2H6/c1-19-15-21(5-9-26(19)40-22-6-8-25-24(16-22)33-18-37(25)4)34-29-28-23(31-17-32-29)7-10-27(35-28)38-14-12-20(30(38)39)11-13-36(2)3;1-2/h5-11,15-18H,12-14H2,1-4H3,(H,31,32,34);1-2H3/b20-11-;. The number of hydrogen-bond acceptors (Lipinski definition) is 8. The summed E-state index contributed by atoms with van der Waals surface area (Å²) in [7, 11) is 5.94. The van der Waals surface area contributed by atoms with Gasteiger partial charge in [-0.25, -0.2) is 19.9 Å². The summed E-state index contributed by atoms with van der Waals surface area (Å²) < 4.78 is 8.14. The molecule has 4 heterocycles. The third-order valence-corrected chi connectivity index (χ3v) is 6.93. The van der Waals surface area contributed by atoms with E-state index in [1.807, 2.05) is 106 Å². The second kappa shape index (κ2) is 12.4. The van der Waals surface area contributed by atoms with Crippen LogP contribution in [0.5, 0.6) is 11.5 Å². The molecule has 0 saturated carbocycles. The summed E-state index contributed by atoms with van der Waals surface area (Å²) in [5.74, 6) is 2.63. The van der Waals surface area contributed by atoms with Crippen molar-refractivity contribution < 1.29 is 9.53 Å². The van der Waals surface area contributed by atoms with E-state index in [0.717, 1.165) is 45.9 Å². The normalized spacial score (nSPS) is 14.1. The Balaban J connectivity index is 0.00000173. The van der Waals surface area contributed by atoms with Crippen LogP contribution in [0.2, 0.25) is 0 Å². The number of amides is 1. The van der Waals surface area contributed by atoms with E-state index in [-0.39, 0.29) is 5.91 Å². The number of anilines is 3. The molecule has 1 aliphatic rings. The van der Waals surface area contributed by atoms with Crippen molar-refractivity contribution in [1.29, 1.82) is 0 Å². The zero-order chi connectivity index (χ0) is 29.8. The van der Waals surface area contributed by atoms with E-state index in [1.165, 1.54) is 6.33 Å². The lowest BCUT2D eigenvalue weighted by Crippen LogP contribution is -2.25. The number of pyridine rings is 1. The van der Waals surface area contributed by atoms with Gasteiger partial charge in [0.1, 0.15) is 29.2 Å².